The predicted octanol–water partition coefficient (Wildman–Crippen LogP) is 1.94. The number of hydrogen-bond acceptors (Lipinski definition) is 5. The molecule has 2 aliphatic heterocycles. The number of aromatic nitrogens is 2. The number of halogens is 1. The Morgan fingerprint density at radius 1 is 1.14 bits per heavy atom. The van der Waals surface area contributed by atoms with Crippen molar-refractivity contribution in [2.24, 2.45) is 0 Å². The van der Waals surface area contributed by atoms with Gasteiger partial charge in [-0.2, -0.15) is 0 Å². The van der Waals surface area contributed by atoms with E-state index in [0.29, 0.717) is 11.1 Å². The van der Waals surface area contributed by atoms with Crippen molar-refractivity contribution in [3.05, 3.63) is 23.2 Å². The molecule has 1 aromatic heterocycles. The zero-order valence-corrected chi connectivity index (χ0v) is 13.0. The molecule has 0 saturated carbocycles. The number of nitrogens with zero attached hydrogens (tertiary/aromatic N) is 3. The Hall–Kier alpha value is -0.750. The van der Waals surface area contributed by atoms with Crippen molar-refractivity contribution < 1.29 is 9.47 Å². The van der Waals surface area contributed by atoms with Crippen molar-refractivity contribution in [3.63, 3.8) is 0 Å². The first-order valence-electron chi connectivity index (χ1n) is 7.71. The topological polar surface area (TPSA) is 47.5 Å². The lowest BCUT2D eigenvalue weighted by Gasteiger charge is -2.23. The summed E-state index contributed by atoms with van der Waals surface area (Å²) in [5, 5.41) is 0.576. The normalized spacial score (nSPS) is 27.7. The molecule has 0 spiro atoms. The van der Waals surface area contributed by atoms with Gasteiger partial charge in [0.05, 0.1) is 23.8 Å². The fourth-order valence-corrected chi connectivity index (χ4v) is 3.08. The van der Waals surface area contributed by atoms with Crippen molar-refractivity contribution >= 4 is 11.6 Å². The number of ether oxygens (including phenoxy) is 2. The van der Waals surface area contributed by atoms with Gasteiger partial charge in [0.15, 0.2) is 0 Å². The minimum Gasteiger partial charge on any atom is -0.380 e. The Labute approximate surface area is 130 Å². The monoisotopic (exact) mass is 311 g/mol. The molecule has 5 nitrogen and oxygen atoms in total. The van der Waals surface area contributed by atoms with Gasteiger partial charge in [0.2, 0.25) is 0 Å². The molecule has 2 fully saturated rings. The third-order valence-corrected chi connectivity index (χ3v) is 4.25. The molecule has 0 bridgehead atoms. The predicted molar refractivity (Wildman–Crippen MR) is 80.5 cm³/mol. The molecule has 21 heavy (non-hydrogen) atoms. The van der Waals surface area contributed by atoms with Crippen LogP contribution in [0.2, 0.25) is 5.02 Å². The summed E-state index contributed by atoms with van der Waals surface area (Å²) in [5.41, 5.74) is 0. The van der Waals surface area contributed by atoms with E-state index in [0.717, 1.165) is 64.4 Å². The fourth-order valence-electron chi connectivity index (χ4n) is 2.98. The lowest BCUT2D eigenvalue weighted by atomic mass is 10.1. The van der Waals surface area contributed by atoms with Crippen molar-refractivity contribution in [3.8, 4) is 0 Å². The molecule has 0 radical (unpaired) electrons. The lowest BCUT2D eigenvalue weighted by Crippen LogP contribution is -2.34. The standard InChI is InChI=1S/C15H22ClN3O2/c16-12-9-17-15(18-10-12)8-13-2-3-14(21-13)11-19-4-1-6-20-7-5-19/h9-10,13-14H,1-8,11H2/t13-,14+/m0/s1. The zero-order chi connectivity index (χ0) is 14.5. The molecule has 2 atom stereocenters. The van der Waals surface area contributed by atoms with Crippen LogP contribution in [0.4, 0.5) is 0 Å². The molecule has 2 aliphatic rings. The van der Waals surface area contributed by atoms with Gasteiger partial charge in [-0.15, -0.1) is 0 Å². The molecule has 0 N–H and O–H groups in total. The Balaban J connectivity index is 1.45. The van der Waals surface area contributed by atoms with Crippen LogP contribution in [0.3, 0.4) is 0 Å². The van der Waals surface area contributed by atoms with E-state index in [-0.39, 0.29) is 6.10 Å². The van der Waals surface area contributed by atoms with E-state index in [1.165, 1.54) is 0 Å². The van der Waals surface area contributed by atoms with Gasteiger partial charge in [0, 0.05) is 45.1 Å². The van der Waals surface area contributed by atoms with E-state index in [1.807, 2.05) is 0 Å². The average Bonchev–Trinajstić information content (AvgIpc) is 2.75. The van der Waals surface area contributed by atoms with Crippen LogP contribution < -0.4 is 0 Å². The van der Waals surface area contributed by atoms with Gasteiger partial charge >= 0.3 is 0 Å². The second-order valence-corrected chi connectivity index (χ2v) is 6.18. The summed E-state index contributed by atoms with van der Waals surface area (Å²) in [6, 6.07) is 0. The summed E-state index contributed by atoms with van der Waals surface area (Å²) in [4.78, 5) is 10.9. The highest BCUT2D eigenvalue weighted by Gasteiger charge is 2.27. The molecule has 0 unspecified atom stereocenters. The molecular weight excluding hydrogens is 290 g/mol. The van der Waals surface area contributed by atoms with Gasteiger partial charge < -0.3 is 9.47 Å². The highest BCUT2D eigenvalue weighted by molar-refractivity contribution is 6.30. The van der Waals surface area contributed by atoms with Crippen molar-refractivity contribution in [1.29, 1.82) is 0 Å². The first-order valence-corrected chi connectivity index (χ1v) is 8.09. The van der Waals surface area contributed by atoms with Crippen LogP contribution in [0, 0.1) is 0 Å². The van der Waals surface area contributed by atoms with E-state index in [2.05, 4.69) is 14.9 Å². The summed E-state index contributed by atoms with van der Waals surface area (Å²) in [5.74, 6) is 0.813. The van der Waals surface area contributed by atoms with Crippen LogP contribution in [0.5, 0.6) is 0 Å². The van der Waals surface area contributed by atoms with Gasteiger partial charge in [-0.1, -0.05) is 11.6 Å². The minimum absolute atomic E-state index is 0.236. The Bertz CT molecular complexity index is 435. The smallest absolute Gasteiger partial charge is 0.130 e. The first-order chi connectivity index (χ1) is 10.3. The largest absolute Gasteiger partial charge is 0.380 e. The van der Waals surface area contributed by atoms with Crippen molar-refractivity contribution in [1.82, 2.24) is 14.9 Å². The van der Waals surface area contributed by atoms with Crippen LogP contribution in [-0.4, -0.2) is 59.9 Å². The molecule has 1 aromatic rings. The van der Waals surface area contributed by atoms with E-state index < -0.39 is 0 Å². The molecule has 3 rings (SSSR count). The molecule has 0 aromatic carbocycles. The summed E-state index contributed by atoms with van der Waals surface area (Å²) < 4.78 is 11.6. The van der Waals surface area contributed by atoms with Crippen LogP contribution in [-0.2, 0) is 15.9 Å². The Morgan fingerprint density at radius 2 is 1.95 bits per heavy atom. The van der Waals surface area contributed by atoms with Gasteiger partial charge in [-0.3, -0.25) is 4.90 Å². The van der Waals surface area contributed by atoms with Gasteiger partial charge in [-0.25, -0.2) is 9.97 Å². The fraction of sp³-hybridized carbons (Fsp3) is 0.733. The second-order valence-electron chi connectivity index (χ2n) is 5.75. The van der Waals surface area contributed by atoms with Crippen LogP contribution in [0.15, 0.2) is 12.4 Å². The Kier molecular flexibility index (Phi) is 5.41. The first kappa shape index (κ1) is 15.2. The molecular formula is C15H22ClN3O2. The molecule has 0 aliphatic carbocycles. The minimum atomic E-state index is 0.236. The summed E-state index contributed by atoms with van der Waals surface area (Å²) in [6.45, 7) is 4.88. The molecule has 0 amide bonds. The van der Waals surface area contributed by atoms with E-state index in [9.17, 15) is 0 Å². The highest BCUT2D eigenvalue weighted by atomic mass is 35.5. The van der Waals surface area contributed by atoms with Crippen molar-refractivity contribution in [2.45, 2.75) is 37.9 Å². The van der Waals surface area contributed by atoms with Crippen LogP contribution >= 0.6 is 11.6 Å². The molecule has 6 heteroatoms. The lowest BCUT2D eigenvalue weighted by molar-refractivity contribution is 0.0220. The maximum atomic E-state index is 6.14. The van der Waals surface area contributed by atoms with E-state index in [1.54, 1.807) is 12.4 Å². The van der Waals surface area contributed by atoms with Gasteiger partial charge in [-0.05, 0) is 19.3 Å². The van der Waals surface area contributed by atoms with E-state index >= 15 is 0 Å². The highest BCUT2D eigenvalue weighted by Crippen LogP contribution is 2.23. The van der Waals surface area contributed by atoms with Crippen molar-refractivity contribution in [2.75, 3.05) is 32.8 Å². The quantitative estimate of drug-likeness (QED) is 0.850. The molecule has 2 saturated heterocycles. The second kappa shape index (κ2) is 7.49. The SMILES string of the molecule is Clc1cnc(C[C@@H]2CC[C@H](CN3CCCOCC3)O2)nc1. The maximum Gasteiger partial charge on any atom is 0.130 e. The average molecular weight is 312 g/mol. The third-order valence-electron chi connectivity index (χ3n) is 4.06. The zero-order valence-electron chi connectivity index (χ0n) is 12.2. The van der Waals surface area contributed by atoms with Gasteiger partial charge in [0.25, 0.3) is 0 Å². The maximum absolute atomic E-state index is 6.14. The third kappa shape index (κ3) is 4.61. The summed E-state index contributed by atoms with van der Waals surface area (Å²) >= 11 is 5.80. The summed E-state index contributed by atoms with van der Waals surface area (Å²) in [6.07, 6.45) is 7.96. The molecule has 3 heterocycles. The Morgan fingerprint density at radius 3 is 2.81 bits per heavy atom. The van der Waals surface area contributed by atoms with Crippen LogP contribution in [0.25, 0.3) is 0 Å². The molecule has 116 valence electrons. The van der Waals surface area contributed by atoms with Gasteiger partial charge in [0.1, 0.15) is 5.82 Å². The van der Waals surface area contributed by atoms with E-state index in [4.69, 9.17) is 21.1 Å². The number of hydrogen-bond donors (Lipinski definition) is 0. The number of rotatable bonds is 4. The van der Waals surface area contributed by atoms with Crippen LogP contribution in [0.1, 0.15) is 25.1 Å². The summed E-state index contributed by atoms with van der Waals surface area (Å²) in [7, 11) is 0.